The summed E-state index contributed by atoms with van der Waals surface area (Å²) in [4.78, 5) is 23.9. The SMILES string of the molecule is CCCCCCCCOc1ccc(-c2ccc(C(=O)Oc3ccc4oc(=O)ccc4c3)cc2)cc1. The molecule has 0 aliphatic rings. The van der Waals surface area contributed by atoms with Crippen molar-refractivity contribution in [2.24, 2.45) is 0 Å². The van der Waals surface area contributed by atoms with Crippen LogP contribution in [0.1, 0.15) is 55.8 Å². The second-order valence-corrected chi connectivity index (χ2v) is 8.56. The van der Waals surface area contributed by atoms with E-state index in [0.717, 1.165) is 29.9 Å². The van der Waals surface area contributed by atoms with Crippen molar-refractivity contribution >= 4 is 16.9 Å². The van der Waals surface area contributed by atoms with Crippen LogP contribution < -0.4 is 15.1 Å². The van der Waals surface area contributed by atoms with Crippen molar-refractivity contribution in [2.45, 2.75) is 45.4 Å². The van der Waals surface area contributed by atoms with E-state index in [4.69, 9.17) is 13.9 Å². The van der Waals surface area contributed by atoms with Gasteiger partial charge in [0.15, 0.2) is 0 Å². The number of unbranched alkanes of at least 4 members (excludes halogenated alkanes) is 5. The van der Waals surface area contributed by atoms with Gasteiger partial charge in [-0.1, -0.05) is 63.3 Å². The van der Waals surface area contributed by atoms with Gasteiger partial charge in [-0.25, -0.2) is 9.59 Å². The van der Waals surface area contributed by atoms with Gasteiger partial charge in [0.1, 0.15) is 17.1 Å². The van der Waals surface area contributed by atoms with Crippen LogP contribution in [0.3, 0.4) is 0 Å². The molecule has 1 heterocycles. The number of benzene rings is 3. The highest BCUT2D eigenvalue weighted by Crippen LogP contribution is 2.24. The molecule has 0 saturated heterocycles. The topological polar surface area (TPSA) is 65.7 Å². The first-order valence-electron chi connectivity index (χ1n) is 12.2. The maximum atomic E-state index is 12.6. The molecule has 0 atom stereocenters. The molecule has 4 rings (SSSR count). The first-order valence-corrected chi connectivity index (χ1v) is 12.2. The molecule has 0 saturated carbocycles. The molecule has 0 N–H and O–H groups in total. The molecule has 180 valence electrons. The second kappa shape index (κ2) is 12.0. The molecule has 4 aromatic rings. The number of fused-ring (bicyclic) bond motifs is 1. The third-order valence-corrected chi connectivity index (χ3v) is 5.88. The standard InChI is InChI=1S/C30H30O5/c1-2-3-4-5-6-7-20-33-26-15-12-23(13-16-26)22-8-10-24(11-9-22)30(32)34-27-17-18-28-25(21-27)14-19-29(31)35-28/h8-19,21H,2-7,20H2,1H3. The normalized spacial score (nSPS) is 10.9. The van der Waals surface area contributed by atoms with Crippen molar-refractivity contribution in [3.63, 3.8) is 0 Å². The van der Waals surface area contributed by atoms with Gasteiger partial charge in [-0.3, -0.25) is 0 Å². The van der Waals surface area contributed by atoms with E-state index in [1.807, 2.05) is 36.4 Å². The molecule has 0 unspecified atom stereocenters. The van der Waals surface area contributed by atoms with Crippen LogP contribution in [-0.2, 0) is 0 Å². The average molecular weight is 471 g/mol. The van der Waals surface area contributed by atoms with Gasteiger partial charge in [0.2, 0.25) is 0 Å². The monoisotopic (exact) mass is 470 g/mol. The molecule has 0 spiro atoms. The van der Waals surface area contributed by atoms with E-state index in [1.54, 1.807) is 36.4 Å². The number of hydrogen-bond donors (Lipinski definition) is 0. The van der Waals surface area contributed by atoms with Gasteiger partial charge in [-0.2, -0.15) is 0 Å². The Morgan fingerprint density at radius 1 is 0.743 bits per heavy atom. The van der Waals surface area contributed by atoms with Crippen LogP contribution in [0.15, 0.2) is 88.1 Å². The Bertz CT molecular complexity index is 1300. The second-order valence-electron chi connectivity index (χ2n) is 8.56. The van der Waals surface area contributed by atoms with Gasteiger partial charge >= 0.3 is 11.6 Å². The molecular formula is C30H30O5. The average Bonchev–Trinajstić information content (AvgIpc) is 2.89. The number of rotatable bonds is 11. The summed E-state index contributed by atoms with van der Waals surface area (Å²) in [6.45, 7) is 2.97. The highest BCUT2D eigenvalue weighted by molar-refractivity contribution is 5.92. The Labute approximate surface area is 205 Å². The predicted octanol–water partition coefficient (Wildman–Crippen LogP) is 7.42. The summed E-state index contributed by atoms with van der Waals surface area (Å²) in [5.41, 5.74) is 2.53. The summed E-state index contributed by atoms with van der Waals surface area (Å²) in [5, 5.41) is 0.685. The number of ether oxygens (including phenoxy) is 2. The molecule has 0 radical (unpaired) electrons. The van der Waals surface area contributed by atoms with Gasteiger partial charge < -0.3 is 13.9 Å². The molecule has 35 heavy (non-hydrogen) atoms. The zero-order valence-corrected chi connectivity index (χ0v) is 20.0. The zero-order chi connectivity index (χ0) is 24.5. The van der Waals surface area contributed by atoms with Crippen LogP contribution in [0, 0.1) is 0 Å². The lowest BCUT2D eigenvalue weighted by molar-refractivity contribution is 0.0735. The minimum absolute atomic E-state index is 0.386. The first-order chi connectivity index (χ1) is 17.1. The van der Waals surface area contributed by atoms with E-state index >= 15 is 0 Å². The molecule has 0 aliphatic heterocycles. The fourth-order valence-corrected chi connectivity index (χ4v) is 3.89. The number of esters is 1. The lowest BCUT2D eigenvalue weighted by Gasteiger charge is -2.08. The number of carbonyl (C=O) groups excluding carboxylic acids is 1. The van der Waals surface area contributed by atoms with Crippen molar-refractivity contribution < 1.29 is 18.7 Å². The zero-order valence-electron chi connectivity index (χ0n) is 20.0. The van der Waals surface area contributed by atoms with Crippen LogP contribution in [0.2, 0.25) is 0 Å². The minimum atomic E-state index is -0.452. The third kappa shape index (κ3) is 6.82. The Morgan fingerprint density at radius 3 is 2.14 bits per heavy atom. The Hall–Kier alpha value is -3.86. The fraction of sp³-hybridized carbons (Fsp3) is 0.267. The van der Waals surface area contributed by atoms with Crippen LogP contribution in [0.5, 0.6) is 11.5 Å². The number of carbonyl (C=O) groups is 1. The molecule has 3 aromatic carbocycles. The van der Waals surface area contributed by atoms with Crippen molar-refractivity contribution in [2.75, 3.05) is 6.61 Å². The maximum absolute atomic E-state index is 12.6. The van der Waals surface area contributed by atoms with E-state index in [2.05, 4.69) is 6.92 Å². The summed E-state index contributed by atoms with van der Waals surface area (Å²) in [5.74, 6) is 0.806. The van der Waals surface area contributed by atoms with E-state index in [0.29, 0.717) is 22.3 Å². The van der Waals surface area contributed by atoms with Gasteiger partial charge in [-0.05, 0) is 66.1 Å². The Morgan fingerprint density at radius 2 is 1.40 bits per heavy atom. The highest BCUT2D eigenvalue weighted by atomic mass is 16.5. The molecule has 0 amide bonds. The number of hydrogen-bond acceptors (Lipinski definition) is 5. The molecule has 5 nitrogen and oxygen atoms in total. The lowest BCUT2D eigenvalue weighted by atomic mass is 10.0. The molecule has 5 heteroatoms. The van der Waals surface area contributed by atoms with Gasteiger partial charge in [-0.15, -0.1) is 0 Å². The summed E-state index contributed by atoms with van der Waals surface area (Å²) >= 11 is 0. The van der Waals surface area contributed by atoms with Crippen LogP contribution >= 0.6 is 0 Å². The third-order valence-electron chi connectivity index (χ3n) is 5.88. The van der Waals surface area contributed by atoms with Crippen molar-refractivity contribution in [3.8, 4) is 22.6 Å². The molecule has 0 fully saturated rings. The van der Waals surface area contributed by atoms with E-state index < -0.39 is 11.6 Å². The molecular weight excluding hydrogens is 440 g/mol. The van der Waals surface area contributed by atoms with Gasteiger partial charge in [0, 0.05) is 11.5 Å². The largest absolute Gasteiger partial charge is 0.494 e. The fourth-order valence-electron chi connectivity index (χ4n) is 3.89. The summed E-state index contributed by atoms with van der Waals surface area (Å²) in [6, 6.07) is 23.2. The summed E-state index contributed by atoms with van der Waals surface area (Å²) in [6.07, 6.45) is 7.47. The van der Waals surface area contributed by atoms with E-state index in [9.17, 15) is 9.59 Å². The molecule has 0 bridgehead atoms. The highest BCUT2D eigenvalue weighted by Gasteiger charge is 2.10. The van der Waals surface area contributed by atoms with E-state index in [1.165, 1.54) is 38.2 Å². The quantitative estimate of drug-likeness (QED) is 0.0987. The van der Waals surface area contributed by atoms with Crippen LogP contribution in [-0.4, -0.2) is 12.6 Å². The summed E-state index contributed by atoms with van der Waals surface area (Å²) in [7, 11) is 0. The first kappa shape index (κ1) is 24.3. The minimum Gasteiger partial charge on any atom is -0.494 e. The van der Waals surface area contributed by atoms with Gasteiger partial charge in [0.25, 0.3) is 0 Å². The van der Waals surface area contributed by atoms with E-state index in [-0.39, 0.29) is 0 Å². The van der Waals surface area contributed by atoms with Crippen LogP contribution in [0.25, 0.3) is 22.1 Å². The van der Waals surface area contributed by atoms with Crippen LogP contribution in [0.4, 0.5) is 0 Å². The Kier molecular flexibility index (Phi) is 8.34. The predicted molar refractivity (Wildman–Crippen MR) is 138 cm³/mol. The van der Waals surface area contributed by atoms with Crippen molar-refractivity contribution in [3.05, 3.63) is 94.8 Å². The molecule has 1 aromatic heterocycles. The maximum Gasteiger partial charge on any atom is 0.343 e. The lowest BCUT2D eigenvalue weighted by Crippen LogP contribution is -2.08. The molecule has 0 aliphatic carbocycles. The van der Waals surface area contributed by atoms with Gasteiger partial charge in [0.05, 0.1) is 12.2 Å². The Balaban J connectivity index is 1.30. The van der Waals surface area contributed by atoms with Crippen molar-refractivity contribution in [1.82, 2.24) is 0 Å². The smallest absolute Gasteiger partial charge is 0.343 e. The van der Waals surface area contributed by atoms with Crippen molar-refractivity contribution in [1.29, 1.82) is 0 Å². The summed E-state index contributed by atoms with van der Waals surface area (Å²) < 4.78 is 16.5.